The van der Waals surface area contributed by atoms with Crippen LogP contribution < -0.4 is 15.5 Å². The smallest absolute Gasteiger partial charge is 0.323 e. The van der Waals surface area contributed by atoms with Crippen LogP contribution in [-0.4, -0.2) is 53.0 Å². The van der Waals surface area contributed by atoms with E-state index in [-0.39, 0.29) is 18.1 Å². The van der Waals surface area contributed by atoms with E-state index in [9.17, 15) is 18.4 Å². The van der Waals surface area contributed by atoms with Gasteiger partial charge in [-0.05, 0) is 24.3 Å². The Morgan fingerprint density at radius 1 is 1.03 bits per heavy atom. The zero-order chi connectivity index (χ0) is 22.5. The highest BCUT2D eigenvalue weighted by Gasteiger charge is 2.22. The van der Waals surface area contributed by atoms with Crippen LogP contribution in [-0.2, 0) is 11.2 Å². The number of hydrogen-bond acceptors (Lipinski definition) is 6. The van der Waals surface area contributed by atoms with Gasteiger partial charge in [0.05, 0.1) is 12.1 Å². The number of anilines is 3. The van der Waals surface area contributed by atoms with Gasteiger partial charge in [-0.25, -0.2) is 23.5 Å². The lowest BCUT2D eigenvalue weighted by Crippen LogP contribution is -2.50. The van der Waals surface area contributed by atoms with Crippen molar-refractivity contribution < 1.29 is 18.4 Å². The van der Waals surface area contributed by atoms with Crippen molar-refractivity contribution in [3.8, 4) is 0 Å². The molecule has 3 aromatic rings. The van der Waals surface area contributed by atoms with E-state index in [2.05, 4.69) is 25.5 Å². The SMILES string of the molecule is O=C(Cc1csc(NC(=O)N2CCN(c3ccccn3)CC2)n1)Nc1ccc(F)c(F)c1. The number of rotatable bonds is 5. The molecule has 2 aromatic heterocycles. The Labute approximate surface area is 186 Å². The summed E-state index contributed by atoms with van der Waals surface area (Å²) in [6.07, 6.45) is 1.68. The normalized spacial score (nSPS) is 13.7. The molecule has 3 amide bonds. The number of carbonyl (C=O) groups is 2. The van der Waals surface area contributed by atoms with E-state index in [1.54, 1.807) is 16.5 Å². The molecule has 1 saturated heterocycles. The van der Waals surface area contributed by atoms with Gasteiger partial charge in [0, 0.05) is 49.5 Å². The van der Waals surface area contributed by atoms with E-state index in [0.29, 0.717) is 37.0 Å². The Kier molecular flexibility index (Phi) is 6.55. The summed E-state index contributed by atoms with van der Waals surface area (Å²) in [5, 5.41) is 7.31. The molecule has 166 valence electrons. The van der Waals surface area contributed by atoms with Crippen LogP contribution in [0.3, 0.4) is 0 Å². The van der Waals surface area contributed by atoms with Crippen molar-refractivity contribution >= 4 is 39.9 Å². The molecule has 0 atom stereocenters. The first-order chi connectivity index (χ1) is 15.5. The van der Waals surface area contributed by atoms with Gasteiger partial charge in [-0.2, -0.15) is 0 Å². The Morgan fingerprint density at radius 2 is 1.84 bits per heavy atom. The van der Waals surface area contributed by atoms with Crippen LogP contribution in [0.4, 0.5) is 30.2 Å². The largest absolute Gasteiger partial charge is 0.353 e. The van der Waals surface area contributed by atoms with Gasteiger partial charge in [0.2, 0.25) is 5.91 Å². The van der Waals surface area contributed by atoms with Crippen molar-refractivity contribution in [1.82, 2.24) is 14.9 Å². The molecule has 0 unspecified atom stereocenters. The number of nitrogens with one attached hydrogen (secondary N) is 2. The zero-order valence-electron chi connectivity index (χ0n) is 16.9. The number of amides is 3. The van der Waals surface area contributed by atoms with Gasteiger partial charge in [-0.15, -0.1) is 11.3 Å². The number of benzene rings is 1. The van der Waals surface area contributed by atoms with Gasteiger partial charge >= 0.3 is 6.03 Å². The third kappa shape index (κ3) is 5.35. The molecule has 0 saturated carbocycles. The van der Waals surface area contributed by atoms with Crippen LogP contribution in [0.25, 0.3) is 0 Å². The molecule has 1 aliphatic heterocycles. The maximum absolute atomic E-state index is 13.3. The van der Waals surface area contributed by atoms with Crippen molar-refractivity contribution in [2.75, 3.05) is 41.7 Å². The van der Waals surface area contributed by atoms with Crippen LogP contribution in [0.15, 0.2) is 48.0 Å². The summed E-state index contributed by atoms with van der Waals surface area (Å²) < 4.78 is 26.2. The fourth-order valence-corrected chi connectivity index (χ4v) is 3.94. The summed E-state index contributed by atoms with van der Waals surface area (Å²) in [7, 11) is 0. The number of urea groups is 1. The van der Waals surface area contributed by atoms with Gasteiger partial charge in [0.25, 0.3) is 0 Å². The first-order valence-corrected chi connectivity index (χ1v) is 10.8. The van der Waals surface area contributed by atoms with Gasteiger partial charge in [-0.3, -0.25) is 10.1 Å². The lowest BCUT2D eigenvalue weighted by atomic mass is 10.2. The molecule has 2 N–H and O–H groups in total. The van der Waals surface area contributed by atoms with Crippen molar-refractivity contribution in [2.45, 2.75) is 6.42 Å². The highest BCUT2D eigenvalue weighted by Crippen LogP contribution is 2.19. The number of hydrogen-bond donors (Lipinski definition) is 2. The van der Waals surface area contributed by atoms with Crippen molar-refractivity contribution in [3.05, 3.63) is 65.3 Å². The molecule has 0 bridgehead atoms. The standard InChI is InChI=1S/C21H20F2N6O2S/c22-16-5-4-14(11-17(16)23)25-19(30)12-15-13-32-20(26-15)27-21(31)29-9-7-28(8-10-29)18-3-1-2-6-24-18/h1-6,11,13H,7-10,12H2,(H,25,30)(H,26,27,31). The Morgan fingerprint density at radius 3 is 2.56 bits per heavy atom. The van der Waals surface area contributed by atoms with Crippen LogP contribution in [0.5, 0.6) is 0 Å². The predicted octanol–water partition coefficient (Wildman–Crippen LogP) is 3.35. The Balaban J connectivity index is 1.26. The Bertz CT molecular complexity index is 1100. The number of piperazine rings is 1. The summed E-state index contributed by atoms with van der Waals surface area (Å²) in [6, 6.07) is 8.61. The van der Waals surface area contributed by atoms with Crippen LogP contribution in [0.2, 0.25) is 0 Å². The number of halogens is 2. The highest BCUT2D eigenvalue weighted by molar-refractivity contribution is 7.13. The van der Waals surface area contributed by atoms with E-state index in [1.807, 2.05) is 18.2 Å². The average Bonchev–Trinajstić information content (AvgIpc) is 3.23. The highest BCUT2D eigenvalue weighted by atomic mass is 32.1. The minimum Gasteiger partial charge on any atom is -0.353 e. The summed E-state index contributed by atoms with van der Waals surface area (Å²) >= 11 is 1.21. The quantitative estimate of drug-likeness (QED) is 0.612. The third-order valence-electron chi connectivity index (χ3n) is 4.85. The predicted molar refractivity (Wildman–Crippen MR) is 118 cm³/mol. The maximum atomic E-state index is 13.3. The fraction of sp³-hybridized carbons (Fsp3) is 0.238. The molecule has 4 rings (SSSR count). The molecular weight excluding hydrogens is 438 g/mol. The van der Waals surface area contributed by atoms with Crippen molar-refractivity contribution in [1.29, 1.82) is 0 Å². The lowest BCUT2D eigenvalue weighted by molar-refractivity contribution is -0.115. The van der Waals surface area contributed by atoms with Crippen LogP contribution in [0, 0.1) is 11.6 Å². The third-order valence-corrected chi connectivity index (χ3v) is 5.66. The van der Waals surface area contributed by atoms with Crippen LogP contribution in [0.1, 0.15) is 5.69 Å². The molecule has 1 aliphatic rings. The monoisotopic (exact) mass is 458 g/mol. The molecular formula is C21H20F2N6O2S. The molecule has 0 spiro atoms. The molecule has 0 radical (unpaired) electrons. The van der Waals surface area contributed by atoms with E-state index in [1.165, 1.54) is 17.4 Å². The van der Waals surface area contributed by atoms with E-state index in [0.717, 1.165) is 18.0 Å². The number of nitrogens with zero attached hydrogens (tertiary/aromatic N) is 4. The first kappa shape index (κ1) is 21.6. The number of thiazole rings is 1. The molecule has 32 heavy (non-hydrogen) atoms. The summed E-state index contributed by atoms with van der Waals surface area (Å²) in [6.45, 7) is 2.46. The average molecular weight is 458 g/mol. The van der Waals surface area contributed by atoms with E-state index >= 15 is 0 Å². The maximum Gasteiger partial charge on any atom is 0.323 e. The fourth-order valence-electron chi connectivity index (χ4n) is 3.24. The minimum absolute atomic E-state index is 0.0614. The number of carbonyl (C=O) groups excluding carboxylic acids is 2. The van der Waals surface area contributed by atoms with Gasteiger partial charge in [-0.1, -0.05) is 6.07 Å². The molecule has 0 aliphatic carbocycles. The molecule has 1 aromatic carbocycles. The number of aromatic nitrogens is 2. The first-order valence-electron chi connectivity index (χ1n) is 9.89. The summed E-state index contributed by atoms with van der Waals surface area (Å²) in [4.78, 5) is 37.1. The zero-order valence-corrected chi connectivity index (χ0v) is 17.7. The summed E-state index contributed by atoms with van der Waals surface area (Å²) in [5.74, 6) is -1.56. The summed E-state index contributed by atoms with van der Waals surface area (Å²) in [5.41, 5.74) is 0.618. The molecule has 3 heterocycles. The van der Waals surface area contributed by atoms with E-state index in [4.69, 9.17) is 0 Å². The molecule has 11 heteroatoms. The Hall–Kier alpha value is -3.60. The topological polar surface area (TPSA) is 90.5 Å². The van der Waals surface area contributed by atoms with Gasteiger partial charge in [0.1, 0.15) is 5.82 Å². The second-order valence-corrected chi connectivity index (χ2v) is 7.95. The second-order valence-electron chi connectivity index (χ2n) is 7.09. The number of pyridine rings is 1. The minimum atomic E-state index is -1.04. The van der Waals surface area contributed by atoms with Gasteiger partial charge < -0.3 is 15.1 Å². The molecule has 1 fully saturated rings. The van der Waals surface area contributed by atoms with E-state index < -0.39 is 17.5 Å². The lowest BCUT2D eigenvalue weighted by Gasteiger charge is -2.35. The second kappa shape index (κ2) is 9.69. The van der Waals surface area contributed by atoms with Crippen LogP contribution >= 0.6 is 11.3 Å². The van der Waals surface area contributed by atoms with Gasteiger partial charge in [0.15, 0.2) is 16.8 Å². The van der Waals surface area contributed by atoms with Crippen molar-refractivity contribution in [3.63, 3.8) is 0 Å². The molecule has 8 nitrogen and oxygen atoms in total. The van der Waals surface area contributed by atoms with Crippen molar-refractivity contribution in [2.24, 2.45) is 0 Å².